The molecule has 1 saturated heterocycles. The molecule has 5 heteroatoms. The first kappa shape index (κ1) is 18.1. The van der Waals surface area contributed by atoms with Gasteiger partial charge in [0.2, 0.25) is 0 Å². The average molecular weight is 355 g/mol. The van der Waals surface area contributed by atoms with Gasteiger partial charge in [-0.15, -0.1) is 0 Å². The second-order valence-electron chi connectivity index (χ2n) is 6.63. The Morgan fingerprint density at radius 2 is 1.81 bits per heavy atom. The van der Waals surface area contributed by atoms with Gasteiger partial charge in [-0.1, -0.05) is 24.3 Å². The first-order valence-corrected chi connectivity index (χ1v) is 8.82. The summed E-state index contributed by atoms with van der Waals surface area (Å²) in [4.78, 5) is 25.9. The number of ketones is 1. The lowest BCUT2D eigenvalue weighted by molar-refractivity contribution is 0.0631. The number of carbonyl (C=O) groups excluding carboxylic acids is 2. The second kappa shape index (κ2) is 8.13. The molecule has 3 rings (SSSR count). The number of amides is 1. The molecule has 26 heavy (non-hydrogen) atoms. The number of Topliss-reactive ketones (excluding diaryl/α,β-unsaturated/α-hetero) is 1. The fourth-order valence-electron chi connectivity index (χ4n) is 3.19. The van der Waals surface area contributed by atoms with Gasteiger partial charge in [0.1, 0.15) is 0 Å². The number of halogens is 1. The number of ether oxygens (including phenoxy) is 1. The Hall–Kier alpha value is -2.69. The molecule has 1 heterocycles. The van der Waals surface area contributed by atoms with Crippen LogP contribution in [0.25, 0.3) is 0 Å². The predicted octanol–water partition coefficient (Wildman–Crippen LogP) is 3.96. The Balaban J connectivity index is 1.59. The Morgan fingerprint density at radius 1 is 1.12 bits per heavy atom. The third kappa shape index (κ3) is 4.28. The molecule has 136 valence electrons. The average Bonchev–Trinajstić information content (AvgIpc) is 2.67. The molecule has 0 unspecified atom stereocenters. The number of rotatable bonds is 5. The van der Waals surface area contributed by atoms with Gasteiger partial charge in [0.05, 0.1) is 6.61 Å². The number of likely N-dealkylation sites (tertiary alicyclic amines) is 1. The highest BCUT2D eigenvalue weighted by Gasteiger charge is 2.25. The van der Waals surface area contributed by atoms with E-state index in [0.29, 0.717) is 30.8 Å². The summed E-state index contributed by atoms with van der Waals surface area (Å²) in [6.07, 6.45) is 1.84. The molecule has 1 fully saturated rings. The largest absolute Gasteiger partial charge is 0.490 e. The molecule has 0 aromatic heterocycles. The van der Waals surface area contributed by atoms with Crippen LogP contribution in [-0.4, -0.2) is 36.3 Å². The van der Waals surface area contributed by atoms with E-state index in [4.69, 9.17) is 4.74 Å². The first-order chi connectivity index (χ1) is 12.5. The van der Waals surface area contributed by atoms with Crippen molar-refractivity contribution in [3.8, 4) is 5.75 Å². The van der Waals surface area contributed by atoms with Gasteiger partial charge in [-0.25, -0.2) is 4.39 Å². The molecular formula is C21H22FNO3. The molecule has 0 radical (unpaired) electrons. The molecule has 4 nitrogen and oxygen atoms in total. The molecular weight excluding hydrogens is 333 g/mol. The van der Waals surface area contributed by atoms with Gasteiger partial charge >= 0.3 is 0 Å². The Labute approximate surface area is 152 Å². The van der Waals surface area contributed by atoms with Gasteiger partial charge in [-0.05, 0) is 44.0 Å². The highest BCUT2D eigenvalue weighted by Crippen LogP contribution is 2.22. The van der Waals surface area contributed by atoms with Crippen molar-refractivity contribution in [2.45, 2.75) is 19.8 Å². The van der Waals surface area contributed by atoms with E-state index in [0.717, 1.165) is 12.8 Å². The number of nitrogens with zero attached hydrogens (tertiary/aromatic N) is 1. The minimum atomic E-state index is -0.373. The van der Waals surface area contributed by atoms with Crippen LogP contribution in [0.1, 0.15) is 40.5 Å². The Bertz CT molecular complexity index is 788. The van der Waals surface area contributed by atoms with Crippen molar-refractivity contribution >= 4 is 11.7 Å². The van der Waals surface area contributed by atoms with Crippen LogP contribution >= 0.6 is 0 Å². The maximum Gasteiger partial charge on any atom is 0.253 e. The van der Waals surface area contributed by atoms with Gasteiger partial charge in [0.15, 0.2) is 17.3 Å². The van der Waals surface area contributed by atoms with Crippen LogP contribution in [0.4, 0.5) is 4.39 Å². The van der Waals surface area contributed by atoms with Crippen LogP contribution < -0.4 is 4.74 Å². The number of hydrogen-bond acceptors (Lipinski definition) is 3. The topological polar surface area (TPSA) is 46.6 Å². The number of hydrogen-bond donors (Lipinski definition) is 0. The third-order valence-corrected chi connectivity index (χ3v) is 4.66. The molecule has 0 N–H and O–H groups in total. The van der Waals surface area contributed by atoms with Gasteiger partial charge in [-0.2, -0.15) is 0 Å². The van der Waals surface area contributed by atoms with Crippen molar-refractivity contribution in [3.63, 3.8) is 0 Å². The Kier molecular flexibility index (Phi) is 5.66. The van der Waals surface area contributed by atoms with Gasteiger partial charge in [0.25, 0.3) is 5.91 Å². The molecule has 0 aliphatic carbocycles. The smallest absolute Gasteiger partial charge is 0.253 e. The standard InChI is InChI=1S/C21H22FNO3/c1-15(24)17-8-10-18(11-9-17)21(25)23-12-4-5-16(13-23)14-26-20-7-3-2-6-19(20)22/h2-3,6-11,16H,4-5,12-14H2,1H3/t16-/m1/s1. The van der Waals surface area contributed by atoms with Crippen LogP contribution in [0.2, 0.25) is 0 Å². The van der Waals surface area contributed by atoms with Crippen molar-refractivity contribution < 1.29 is 18.7 Å². The molecule has 0 bridgehead atoms. The van der Waals surface area contributed by atoms with E-state index in [-0.39, 0.29) is 29.2 Å². The zero-order chi connectivity index (χ0) is 18.5. The van der Waals surface area contributed by atoms with Crippen LogP contribution in [-0.2, 0) is 0 Å². The van der Waals surface area contributed by atoms with E-state index >= 15 is 0 Å². The van der Waals surface area contributed by atoms with Crippen molar-refractivity contribution in [1.29, 1.82) is 0 Å². The normalized spacial score (nSPS) is 17.0. The summed E-state index contributed by atoms with van der Waals surface area (Å²) in [6, 6.07) is 13.1. The minimum absolute atomic E-state index is 0.0210. The fourth-order valence-corrected chi connectivity index (χ4v) is 3.19. The van der Waals surface area contributed by atoms with Crippen molar-refractivity contribution in [2.75, 3.05) is 19.7 Å². The Morgan fingerprint density at radius 3 is 2.50 bits per heavy atom. The lowest BCUT2D eigenvalue weighted by Gasteiger charge is -2.32. The zero-order valence-corrected chi connectivity index (χ0v) is 14.8. The minimum Gasteiger partial charge on any atom is -0.490 e. The van der Waals surface area contributed by atoms with Crippen molar-refractivity contribution in [2.24, 2.45) is 5.92 Å². The molecule has 1 aliphatic heterocycles. The van der Waals surface area contributed by atoms with Gasteiger partial charge < -0.3 is 9.64 Å². The summed E-state index contributed by atoms with van der Waals surface area (Å²) in [5, 5.41) is 0. The van der Waals surface area contributed by atoms with Crippen LogP contribution in [0, 0.1) is 11.7 Å². The maximum atomic E-state index is 13.6. The number of carbonyl (C=O) groups is 2. The fraction of sp³-hybridized carbons (Fsp3) is 0.333. The lowest BCUT2D eigenvalue weighted by atomic mass is 9.98. The molecule has 0 spiro atoms. The van der Waals surface area contributed by atoms with Crippen LogP contribution in [0.15, 0.2) is 48.5 Å². The molecule has 2 aromatic carbocycles. The molecule has 1 atom stereocenters. The third-order valence-electron chi connectivity index (χ3n) is 4.66. The molecule has 1 amide bonds. The van der Waals surface area contributed by atoms with Crippen LogP contribution in [0.3, 0.4) is 0 Å². The van der Waals surface area contributed by atoms with Gasteiger partial charge in [-0.3, -0.25) is 9.59 Å². The summed E-state index contributed by atoms with van der Waals surface area (Å²) < 4.78 is 19.2. The summed E-state index contributed by atoms with van der Waals surface area (Å²) in [6.45, 7) is 3.17. The van der Waals surface area contributed by atoms with Crippen LogP contribution in [0.5, 0.6) is 5.75 Å². The number of para-hydroxylation sites is 1. The number of benzene rings is 2. The van der Waals surface area contributed by atoms with Crippen molar-refractivity contribution in [3.05, 3.63) is 65.5 Å². The maximum absolute atomic E-state index is 13.6. The second-order valence-corrected chi connectivity index (χ2v) is 6.63. The van der Waals surface area contributed by atoms with Crippen molar-refractivity contribution in [1.82, 2.24) is 4.90 Å². The molecule has 2 aromatic rings. The highest BCUT2D eigenvalue weighted by molar-refractivity contribution is 5.97. The zero-order valence-electron chi connectivity index (χ0n) is 14.8. The van der Waals surface area contributed by atoms with Gasteiger partial charge in [0, 0.05) is 30.1 Å². The monoisotopic (exact) mass is 355 g/mol. The highest BCUT2D eigenvalue weighted by atomic mass is 19.1. The molecule has 0 saturated carbocycles. The van der Waals surface area contributed by atoms with E-state index in [2.05, 4.69) is 0 Å². The summed E-state index contributed by atoms with van der Waals surface area (Å²) in [5.74, 6) is -0.0237. The van der Waals surface area contributed by atoms with E-state index in [9.17, 15) is 14.0 Å². The number of piperidine rings is 1. The summed E-state index contributed by atoms with van der Waals surface area (Å²) in [5.41, 5.74) is 1.17. The van der Waals surface area contributed by atoms with E-state index < -0.39 is 0 Å². The van der Waals surface area contributed by atoms with E-state index in [1.807, 2.05) is 4.90 Å². The van der Waals surface area contributed by atoms with E-state index in [1.165, 1.54) is 13.0 Å². The molecule has 1 aliphatic rings. The predicted molar refractivity (Wildman–Crippen MR) is 97.0 cm³/mol. The summed E-state index contributed by atoms with van der Waals surface area (Å²) >= 11 is 0. The quantitative estimate of drug-likeness (QED) is 0.763. The first-order valence-electron chi connectivity index (χ1n) is 8.82. The summed E-state index contributed by atoms with van der Waals surface area (Å²) in [7, 11) is 0. The van der Waals surface area contributed by atoms with E-state index in [1.54, 1.807) is 42.5 Å². The lowest BCUT2D eigenvalue weighted by Crippen LogP contribution is -2.41. The SMILES string of the molecule is CC(=O)c1ccc(C(=O)N2CCC[C@@H](COc3ccccc3F)C2)cc1.